The van der Waals surface area contributed by atoms with Crippen LogP contribution < -0.4 is 4.74 Å². The molecule has 0 aliphatic heterocycles. The fraction of sp³-hybridized carbons (Fsp3) is 0.786. The Morgan fingerprint density at radius 3 is 1.61 bits per heavy atom. The summed E-state index contributed by atoms with van der Waals surface area (Å²) in [7, 11) is 2.41. The molecular formula is C28H43BF3O. The van der Waals surface area contributed by atoms with Gasteiger partial charge in [-0.15, -0.1) is 13.2 Å². The van der Waals surface area contributed by atoms with Gasteiger partial charge in [0.15, 0.2) is 0 Å². The highest BCUT2D eigenvalue weighted by Gasteiger charge is 2.31. The monoisotopic (exact) mass is 463 g/mol. The van der Waals surface area contributed by atoms with Crippen LogP contribution in [-0.2, 0) is 6.32 Å². The quantitative estimate of drug-likeness (QED) is 0.395. The van der Waals surface area contributed by atoms with Crippen molar-refractivity contribution in [2.24, 2.45) is 11.8 Å². The maximum atomic E-state index is 12.3. The van der Waals surface area contributed by atoms with Crippen LogP contribution >= 0.6 is 0 Å². The number of alkyl halides is 3. The van der Waals surface area contributed by atoms with Crippen molar-refractivity contribution in [3.05, 3.63) is 29.8 Å². The van der Waals surface area contributed by atoms with Crippen molar-refractivity contribution in [3.8, 4) is 5.75 Å². The van der Waals surface area contributed by atoms with Gasteiger partial charge in [-0.1, -0.05) is 139 Å². The fourth-order valence-corrected chi connectivity index (χ4v) is 6.06. The molecule has 1 aromatic rings. The maximum Gasteiger partial charge on any atom is 0.573 e. The molecule has 2 fully saturated rings. The highest BCUT2D eigenvalue weighted by Crippen LogP contribution is 2.36. The van der Waals surface area contributed by atoms with Crippen molar-refractivity contribution >= 4 is 7.28 Å². The van der Waals surface area contributed by atoms with E-state index in [0.717, 1.165) is 23.7 Å². The minimum atomic E-state index is -4.63. The van der Waals surface area contributed by atoms with E-state index in [1.807, 2.05) is 0 Å². The predicted octanol–water partition coefficient (Wildman–Crippen LogP) is 9.47. The van der Waals surface area contributed by atoms with Gasteiger partial charge in [0.2, 0.25) is 0 Å². The molecule has 3 rings (SSSR count). The summed E-state index contributed by atoms with van der Waals surface area (Å²) in [5, 5.41) is 0. The number of rotatable bonds is 5. The smallest absolute Gasteiger partial charge is 0.406 e. The molecule has 2 atom stereocenters. The highest BCUT2D eigenvalue weighted by atomic mass is 19.4. The zero-order valence-corrected chi connectivity index (χ0v) is 20.4. The molecule has 1 aromatic carbocycles. The first-order chi connectivity index (χ1) is 16.0. The molecule has 2 aliphatic rings. The molecule has 2 unspecified atom stereocenters. The van der Waals surface area contributed by atoms with E-state index >= 15 is 0 Å². The van der Waals surface area contributed by atoms with E-state index < -0.39 is 6.36 Å². The second kappa shape index (κ2) is 14.3. The Morgan fingerprint density at radius 2 is 1.06 bits per heavy atom. The number of ether oxygens (including phenoxy) is 1. The lowest BCUT2D eigenvalue weighted by atomic mass is 9.57. The topological polar surface area (TPSA) is 9.23 Å². The van der Waals surface area contributed by atoms with E-state index in [2.05, 4.69) is 12.0 Å². The highest BCUT2D eigenvalue weighted by molar-refractivity contribution is 6.37. The van der Waals surface area contributed by atoms with Crippen molar-refractivity contribution in [3.63, 3.8) is 0 Å². The van der Waals surface area contributed by atoms with Crippen molar-refractivity contribution in [2.75, 3.05) is 0 Å². The zero-order valence-electron chi connectivity index (χ0n) is 20.4. The van der Waals surface area contributed by atoms with Gasteiger partial charge in [0.1, 0.15) is 13.0 Å². The molecule has 1 nitrogen and oxygen atoms in total. The number of benzene rings is 1. The Morgan fingerprint density at radius 1 is 0.636 bits per heavy atom. The van der Waals surface area contributed by atoms with Crippen molar-refractivity contribution in [1.29, 1.82) is 0 Å². The summed E-state index contributed by atoms with van der Waals surface area (Å²) in [5.41, 5.74) is 1.05. The molecule has 1 radical (unpaired) electrons. The summed E-state index contributed by atoms with van der Waals surface area (Å²) >= 11 is 0. The number of halogens is 3. The van der Waals surface area contributed by atoms with Crippen LogP contribution in [-0.4, -0.2) is 13.6 Å². The van der Waals surface area contributed by atoms with E-state index in [-0.39, 0.29) is 5.75 Å². The molecule has 0 saturated heterocycles. The van der Waals surface area contributed by atoms with E-state index in [1.165, 1.54) is 121 Å². The molecule has 0 aromatic heterocycles. The van der Waals surface area contributed by atoms with Gasteiger partial charge in [-0.2, -0.15) is 0 Å². The molecule has 0 N–H and O–H groups in total. The second-order valence-electron chi connectivity index (χ2n) is 10.5. The summed E-state index contributed by atoms with van der Waals surface area (Å²) < 4.78 is 41.0. The van der Waals surface area contributed by atoms with E-state index in [0.29, 0.717) is 5.82 Å². The molecule has 5 heteroatoms. The Hall–Kier alpha value is -1.13. The van der Waals surface area contributed by atoms with Gasteiger partial charge in [-0.25, -0.2) is 0 Å². The molecule has 2 saturated carbocycles. The van der Waals surface area contributed by atoms with Crippen molar-refractivity contribution in [1.82, 2.24) is 0 Å². The third-order valence-corrected chi connectivity index (χ3v) is 7.96. The molecule has 0 bridgehead atoms. The van der Waals surface area contributed by atoms with Gasteiger partial charge in [0.05, 0.1) is 0 Å². The van der Waals surface area contributed by atoms with Crippen LogP contribution in [0.5, 0.6) is 5.75 Å². The van der Waals surface area contributed by atoms with Crippen molar-refractivity contribution < 1.29 is 17.9 Å². The summed E-state index contributed by atoms with van der Waals surface area (Å²) in [6, 6.07) is 6.35. The molecule has 0 heterocycles. The predicted molar refractivity (Wildman–Crippen MR) is 132 cm³/mol. The molecule has 185 valence electrons. The van der Waals surface area contributed by atoms with Gasteiger partial charge in [-0.05, 0) is 24.0 Å². The molecule has 2 aliphatic carbocycles. The normalized spacial score (nSPS) is 25.2. The van der Waals surface area contributed by atoms with Gasteiger partial charge in [0, 0.05) is 0 Å². The van der Waals surface area contributed by atoms with Crippen LogP contribution in [0.15, 0.2) is 24.3 Å². The third-order valence-electron chi connectivity index (χ3n) is 7.96. The maximum absolute atomic E-state index is 12.3. The van der Waals surface area contributed by atoms with E-state index in [9.17, 15) is 13.2 Å². The minimum Gasteiger partial charge on any atom is -0.406 e. The van der Waals surface area contributed by atoms with E-state index in [4.69, 9.17) is 0 Å². The Labute approximate surface area is 200 Å². The first-order valence-electron chi connectivity index (χ1n) is 13.7. The standard InChI is InChI=1S/C28H43BF3O/c30-28(31,32)33-27-20-18-23(19-21-27)22-29-26-16-9-5-8-14-25(15-10-11-17-26)24-12-6-3-1-2-4-7-13-24/h18-21,24-26H,1-17,22H2. The summed E-state index contributed by atoms with van der Waals surface area (Å²) in [4.78, 5) is 0. The first-order valence-corrected chi connectivity index (χ1v) is 13.7. The fourth-order valence-electron chi connectivity index (χ4n) is 6.06. The van der Waals surface area contributed by atoms with E-state index in [1.54, 1.807) is 12.1 Å². The van der Waals surface area contributed by atoms with Crippen LogP contribution in [0.3, 0.4) is 0 Å². The average Bonchev–Trinajstić information content (AvgIpc) is 2.88. The minimum absolute atomic E-state index is 0.143. The number of hydrogen-bond acceptors (Lipinski definition) is 1. The largest absolute Gasteiger partial charge is 0.573 e. The van der Waals surface area contributed by atoms with Crippen LogP contribution in [0.2, 0.25) is 5.82 Å². The molecular weight excluding hydrogens is 420 g/mol. The molecule has 0 amide bonds. The molecule has 0 spiro atoms. The SMILES string of the molecule is FC(F)(F)Oc1ccc(C[B]C2CCCCCC(C3CCCCCCCC3)CCCC2)cc1. The number of hydrogen-bond donors (Lipinski definition) is 0. The van der Waals surface area contributed by atoms with Crippen LogP contribution in [0, 0.1) is 11.8 Å². The van der Waals surface area contributed by atoms with Crippen LogP contribution in [0.1, 0.15) is 115 Å². The lowest BCUT2D eigenvalue weighted by Crippen LogP contribution is -2.17. The first kappa shape index (κ1) is 26.5. The van der Waals surface area contributed by atoms with Crippen LogP contribution in [0.4, 0.5) is 13.2 Å². The third kappa shape index (κ3) is 10.8. The van der Waals surface area contributed by atoms with Gasteiger partial charge in [0.25, 0.3) is 0 Å². The summed E-state index contributed by atoms with van der Waals surface area (Å²) in [5.74, 6) is 2.39. The Bertz CT molecular complexity index is 636. The van der Waals surface area contributed by atoms with Gasteiger partial charge >= 0.3 is 6.36 Å². The van der Waals surface area contributed by atoms with Gasteiger partial charge in [-0.3, -0.25) is 0 Å². The Balaban J connectivity index is 1.44. The second-order valence-corrected chi connectivity index (χ2v) is 10.5. The lowest BCUT2D eigenvalue weighted by molar-refractivity contribution is -0.274. The zero-order chi connectivity index (χ0) is 23.4. The van der Waals surface area contributed by atoms with Gasteiger partial charge < -0.3 is 4.74 Å². The van der Waals surface area contributed by atoms with Crippen molar-refractivity contribution in [2.45, 2.75) is 128 Å². The lowest BCUT2D eigenvalue weighted by Gasteiger charge is -2.27. The Kier molecular flexibility index (Phi) is 11.5. The summed E-state index contributed by atoms with van der Waals surface area (Å²) in [6.07, 6.45) is 19.8. The molecule has 33 heavy (non-hydrogen) atoms. The summed E-state index contributed by atoms with van der Waals surface area (Å²) in [6.45, 7) is 0. The average molecular weight is 463 g/mol. The van der Waals surface area contributed by atoms with Crippen LogP contribution in [0.25, 0.3) is 0 Å².